The number of aromatic nitrogens is 3. The molecular formula is C24H24IN5O6S. The van der Waals surface area contributed by atoms with Crippen molar-refractivity contribution in [2.45, 2.75) is 39.5 Å². The van der Waals surface area contributed by atoms with E-state index in [9.17, 15) is 29.4 Å². The lowest BCUT2D eigenvalue weighted by molar-refractivity contribution is -0.690. The number of aliphatic carboxylic acids is 1. The lowest BCUT2D eigenvalue weighted by Crippen LogP contribution is -3.00. The van der Waals surface area contributed by atoms with E-state index in [-0.39, 0.29) is 53.6 Å². The molecule has 0 spiro atoms. The van der Waals surface area contributed by atoms with Gasteiger partial charge in [-0.25, -0.2) is 9.78 Å². The fourth-order valence-electron chi connectivity index (χ4n) is 5.20. The van der Waals surface area contributed by atoms with Crippen LogP contribution in [0.4, 0.5) is 0 Å². The van der Waals surface area contributed by atoms with Crippen LogP contribution in [0.25, 0.3) is 10.4 Å². The van der Waals surface area contributed by atoms with Crippen LogP contribution in [-0.2, 0) is 20.9 Å². The number of carbonyl (C=O) groups excluding carboxylic acids is 3. The van der Waals surface area contributed by atoms with Gasteiger partial charge in [0.1, 0.15) is 22.5 Å². The summed E-state index contributed by atoms with van der Waals surface area (Å²) in [6, 6.07) is 2.92. The number of rotatable bonds is 7. The second kappa shape index (κ2) is 9.61. The molecule has 0 saturated carbocycles. The number of aliphatic hydroxyl groups is 1. The van der Waals surface area contributed by atoms with Crippen molar-refractivity contribution in [3.8, 4) is 0 Å². The predicted molar refractivity (Wildman–Crippen MR) is 127 cm³/mol. The number of pyridine rings is 1. The van der Waals surface area contributed by atoms with E-state index < -0.39 is 35.8 Å². The SMILES string of the molecule is Cc1ccc(C(=O)c2ncn3cc(C4=C(C(=O)O)N5C(=O)[C@H]([C@@H](C)O)[C@H]5[C@H]4C)sc23)c[n+]1CC(N)=O.[I-]. The number of carboxylic acids is 1. The topological polar surface area (TPSA) is 159 Å². The zero-order valence-electron chi connectivity index (χ0n) is 20.1. The lowest BCUT2D eigenvalue weighted by Gasteiger charge is -2.46. The van der Waals surface area contributed by atoms with Crippen molar-refractivity contribution in [3.05, 3.63) is 58.4 Å². The van der Waals surface area contributed by atoms with Crippen LogP contribution in [0.5, 0.6) is 0 Å². The van der Waals surface area contributed by atoms with E-state index in [1.54, 1.807) is 40.4 Å². The van der Waals surface area contributed by atoms with Gasteiger partial charge in [-0.2, -0.15) is 4.57 Å². The molecule has 13 heteroatoms. The summed E-state index contributed by atoms with van der Waals surface area (Å²) in [5, 5.41) is 20.0. The summed E-state index contributed by atoms with van der Waals surface area (Å²) in [4.78, 5) is 56.2. The third-order valence-electron chi connectivity index (χ3n) is 6.91. The zero-order chi connectivity index (χ0) is 26.0. The van der Waals surface area contributed by atoms with Crippen LogP contribution >= 0.6 is 11.3 Å². The summed E-state index contributed by atoms with van der Waals surface area (Å²) in [7, 11) is 0. The molecule has 4 atom stereocenters. The van der Waals surface area contributed by atoms with E-state index >= 15 is 0 Å². The fraction of sp³-hybridized carbons (Fsp3) is 0.333. The molecule has 0 bridgehead atoms. The molecule has 3 aromatic heterocycles. The molecule has 2 aliphatic heterocycles. The molecule has 0 unspecified atom stereocenters. The van der Waals surface area contributed by atoms with Crippen LogP contribution in [0.15, 0.2) is 36.6 Å². The van der Waals surface area contributed by atoms with Crippen molar-refractivity contribution in [2.75, 3.05) is 0 Å². The molecule has 2 amide bonds. The maximum Gasteiger partial charge on any atom is 0.352 e. The first-order valence-corrected chi connectivity index (χ1v) is 12.1. The number of carbonyl (C=O) groups is 4. The zero-order valence-corrected chi connectivity index (χ0v) is 23.1. The molecule has 37 heavy (non-hydrogen) atoms. The number of amides is 2. The molecule has 0 radical (unpaired) electrons. The Labute approximate surface area is 232 Å². The second-order valence-electron chi connectivity index (χ2n) is 9.20. The largest absolute Gasteiger partial charge is 1.00 e. The minimum Gasteiger partial charge on any atom is -1.00 e. The summed E-state index contributed by atoms with van der Waals surface area (Å²) in [5.74, 6) is -3.50. The van der Waals surface area contributed by atoms with Crippen LogP contribution in [-0.4, -0.2) is 60.2 Å². The maximum atomic E-state index is 13.3. The summed E-state index contributed by atoms with van der Waals surface area (Å²) in [6.45, 7) is 5.10. The number of aliphatic hydroxyl groups excluding tert-OH is 1. The van der Waals surface area contributed by atoms with Gasteiger partial charge in [-0.3, -0.25) is 18.8 Å². The molecule has 4 N–H and O–H groups in total. The van der Waals surface area contributed by atoms with Crippen LogP contribution in [0.3, 0.4) is 0 Å². The highest BCUT2D eigenvalue weighted by molar-refractivity contribution is 7.18. The number of ketones is 1. The molecule has 5 heterocycles. The van der Waals surface area contributed by atoms with Crippen molar-refractivity contribution in [3.63, 3.8) is 0 Å². The van der Waals surface area contributed by atoms with Crippen molar-refractivity contribution < 1.29 is 57.9 Å². The average Bonchev–Trinajstić information content (AvgIpc) is 3.44. The Kier molecular flexibility index (Phi) is 6.98. The monoisotopic (exact) mass is 637 g/mol. The Morgan fingerprint density at radius 3 is 2.62 bits per heavy atom. The molecular weight excluding hydrogens is 613 g/mol. The first kappa shape index (κ1) is 26.9. The van der Waals surface area contributed by atoms with Crippen LogP contribution in [0.1, 0.15) is 40.5 Å². The number of thiazole rings is 1. The second-order valence-corrected chi connectivity index (χ2v) is 10.2. The van der Waals surface area contributed by atoms with Crippen LogP contribution < -0.4 is 34.3 Å². The third kappa shape index (κ3) is 4.14. The average molecular weight is 637 g/mol. The molecule has 3 aromatic rings. The van der Waals surface area contributed by atoms with E-state index in [0.717, 1.165) is 5.69 Å². The predicted octanol–water partition coefficient (Wildman–Crippen LogP) is -2.63. The maximum absolute atomic E-state index is 13.3. The van der Waals surface area contributed by atoms with E-state index in [2.05, 4.69) is 4.98 Å². The summed E-state index contributed by atoms with van der Waals surface area (Å²) in [5.41, 5.74) is 6.98. The van der Waals surface area contributed by atoms with E-state index in [4.69, 9.17) is 5.73 Å². The summed E-state index contributed by atoms with van der Waals surface area (Å²) < 4.78 is 3.24. The Bertz CT molecular complexity index is 1510. The third-order valence-corrected chi connectivity index (χ3v) is 8.05. The Balaban J connectivity index is 0.00000320. The minimum atomic E-state index is -1.22. The first-order chi connectivity index (χ1) is 17.0. The van der Waals surface area contributed by atoms with E-state index in [1.165, 1.54) is 29.5 Å². The molecule has 1 saturated heterocycles. The normalized spacial score (nSPS) is 21.5. The van der Waals surface area contributed by atoms with Crippen molar-refractivity contribution >= 4 is 45.3 Å². The van der Waals surface area contributed by atoms with Gasteiger partial charge in [0.05, 0.1) is 28.5 Å². The highest BCUT2D eigenvalue weighted by Crippen LogP contribution is 2.51. The minimum absolute atomic E-state index is 0. The fourth-order valence-corrected chi connectivity index (χ4v) is 6.42. The van der Waals surface area contributed by atoms with Crippen molar-refractivity contribution in [1.29, 1.82) is 0 Å². The smallest absolute Gasteiger partial charge is 0.352 e. The Hall–Kier alpha value is -3.17. The number of primary amides is 1. The number of hydrogen-bond acceptors (Lipinski definition) is 7. The van der Waals surface area contributed by atoms with Gasteiger partial charge >= 0.3 is 5.97 Å². The molecule has 194 valence electrons. The van der Waals surface area contributed by atoms with Crippen molar-refractivity contribution in [1.82, 2.24) is 14.3 Å². The number of halogens is 1. The van der Waals surface area contributed by atoms with Gasteiger partial charge in [-0.05, 0) is 13.0 Å². The van der Waals surface area contributed by atoms with Gasteiger partial charge in [-0.15, -0.1) is 11.3 Å². The summed E-state index contributed by atoms with van der Waals surface area (Å²) in [6.07, 6.45) is 3.84. The van der Waals surface area contributed by atoms with Crippen LogP contribution in [0, 0.1) is 18.8 Å². The quantitative estimate of drug-likeness (QED) is 0.111. The standard InChI is InChI=1S/C24H23N5O6S.HI/c1-10-4-5-13(6-27(10)8-15(25)31)21(32)18-23-28(9-26-18)7-14(36-23)16-11(2)19-17(12(3)30)22(33)29(19)20(16)24(34)35;/h4-7,9,11-12,17,19,30H,8H2,1-3H3,(H2-,25,31,34,35);1H/t11-,12+,17+,19+;/m0./s1. The number of nitrogens with two attached hydrogens (primary N) is 1. The lowest BCUT2D eigenvalue weighted by atomic mass is 9.77. The molecule has 0 aliphatic carbocycles. The van der Waals surface area contributed by atoms with Gasteiger partial charge in [0.25, 0.3) is 5.91 Å². The van der Waals surface area contributed by atoms with Gasteiger partial charge in [0.15, 0.2) is 11.9 Å². The number of fused-ring (bicyclic) bond motifs is 2. The number of hydrogen-bond donors (Lipinski definition) is 3. The summed E-state index contributed by atoms with van der Waals surface area (Å²) >= 11 is 1.21. The molecule has 0 aromatic carbocycles. The Morgan fingerprint density at radius 1 is 1.30 bits per heavy atom. The number of aryl methyl sites for hydroxylation is 1. The van der Waals surface area contributed by atoms with Gasteiger partial charge < -0.3 is 44.8 Å². The highest BCUT2D eigenvalue weighted by Gasteiger charge is 2.60. The molecule has 1 fully saturated rings. The highest BCUT2D eigenvalue weighted by atomic mass is 127. The first-order valence-electron chi connectivity index (χ1n) is 11.3. The number of imidazole rings is 1. The van der Waals surface area contributed by atoms with E-state index in [1.807, 2.05) is 6.92 Å². The van der Waals surface area contributed by atoms with Gasteiger partial charge in [0, 0.05) is 30.7 Å². The van der Waals surface area contributed by atoms with Crippen LogP contribution in [0.2, 0.25) is 0 Å². The molecule has 5 rings (SSSR count). The Morgan fingerprint density at radius 2 is 2.00 bits per heavy atom. The number of nitrogens with zero attached hydrogens (tertiary/aromatic N) is 4. The molecule has 2 aliphatic rings. The number of β-lactam (4-membered cyclic amide) rings is 1. The van der Waals surface area contributed by atoms with Gasteiger partial charge in [-0.1, -0.05) is 6.92 Å². The van der Waals surface area contributed by atoms with E-state index in [0.29, 0.717) is 20.8 Å². The number of carboxylic acid groups (broad SMARTS) is 1. The van der Waals surface area contributed by atoms with Crippen molar-refractivity contribution in [2.24, 2.45) is 17.6 Å². The molecule has 11 nitrogen and oxygen atoms in total. The van der Waals surface area contributed by atoms with Gasteiger partial charge in [0.2, 0.25) is 18.2 Å².